The van der Waals surface area contributed by atoms with Gasteiger partial charge in [-0.05, 0) is 48.5 Å². The minimum Gasteiger partial charge on any atom is -0.399 e. The fourth-order valence-electron chi connectivity index (χ4n) is 2.14. The lowest BCUT2D eigenvalue weighted by Gasteiger charge is -2.19. The van der Waals surface area contributed by atoms with Crippen LogP contribution in [0.15, 0.2) is 65.7 Å². The van der Waals surface area contributed by atoms with Crippen molar-refractivity contribution in [3.05, 3.63) is 60.8 Å². The van der Waals surface area contributed by atoms with Gasteiger partial charge in [-0.25, -0.2) is 4.98 Å². The van der Waals surface area contributed by atoms with E-state index < -0.39 is 0 Å². The third-order valence-corrected chi connectivity index (χ3v) is 3.65. The Labute approximate surface area is 140 Å². The topological polar surface area (TPSA) is 67.1 Å². The number of nitrogen functional groups attached to an aromatic ring is 1. The molecule has 6 heteroatoms. The first kappa shape index (κ1) is 15.2. The maximum Gasteiger partial charge on any atom is 0.229 e. The minimum atomic E-state index is 0.531. The van der Waals surface area contributed by atoms with Crippen molar-refractivity contribution in [3.8, 4) is 0 Å². The summed E-state index contributed by atoms with van der Waals surface area (Å²) < 4.78 is 0. The SMILES string of the molecule is CN(c1ccc(N)cc1)c1ccnc(Nc2cccc(S)c2)n1. The van der Waals surface area contributed by atoms with Gasteiger partial charge in [-0.2, -0.15) is 4.98 Å². The van der Waals surface area contributed by atoms with E-state index >= 15 is 0 Å². The Kier molecular flexibility index (Phi) is 4.34. The van der Waals surface area contributed by atoms with Gasteiger partial charge >= 0.3 is 0 Å². The zero-order valence-electron chi connectivity index (χ0n) is 12.6. The van der Waals surface area contributed by atoms with Crippen molar-refractivity contribution in [2.24, 2.45) is 0 Å². The Morgan fingerprint density at radius 2 is 1.87 bits per heavy atom. The molecule has 1 aromatic heterocycles. The van der Waals surface area contributed by atoms with Crippen LogP contribution < -0.4 is 16.0 Å². The summed E-state index contributed by atoms with van der Waals surface area (Å²) in [6.07, 6.45) is 1.73. The zero-order valence-corrected chi connectivity index (χ0v) is 13.5. The van der Waals surface area contributed by atoms with Crippen LogP contribution in [0, 0.1) is 0 Å². The van der Waals surface area contributed by atoms with Crippen LogP contribution in [0.5, 0.6) is 0 Å². The molecule has 3 aromatic rings. The molecule has 23 heavy (non-hydrogen) atoms. The predicted molar refractivity (Wildman–Crippen MR) is 97.9 cm³/mol. The third-order valence-electron chi connectivity index (χ3n) is 3.37. The Morgan fingerprint density at radius 1 is 1.09 bits per heavy atom. The molecule has 0 atom stereocenters. The second-order valence-electron chi connectivity index (χ2n) is 5.06. The number of anilines is 5. The van der Waals surface area contributed by atoms with Crippen LogP contribution in [0.25, 0.3) is 0 Å². The average molecular weight is 323 g/mol. The first-order chi connectivity index (χ1) is 11.1. The predicted octanol–water partition coefficient (Wildman–Crippen LogP) is 3.86. The van der Waals surface area contributed by atoms with Gasteiger partial charge in [0.2, 0.25) is 5.95 Å². The normalized spacial score (nSPS) is 10.3. The number of hydrogen-bond acceptors (Lipinski definition) is 6. The summed E-state index contributed by atoms with van der Waals surface area (Å²) in [5.74, 6) is 1.32. The molecule has 0 aliphatic rings. The Morgan fingerprint density at radius 3 is 2.61 bits per heavy atom. The van der Waals surface area contributed by atoms with Gasteiger partial charge in [0.25, 0.3) is 0 Å². The monoisotopic (exact) mass is 323 g/mol. The van der Waals surface area contributed by atoms with Crippen LogP contribution >= 0.6 is 12.6 Å². The second-order valence-corrected chi connectivity index (χ2v) is 5.58. The van der Waals surface area contributed by atoms with Crippen molar-refractivity contribution < 1.29 is 0 Å². The molecule has 3 N–H and O–H groups in total. The van der Waals surface area contributed by atoms with E-state index in [1.54, 1.807) is 6.20 Å². The first-order valence-electron chi connectivity index (χ1n) is 7.10. The number of aromatic nitrogens is 2. The molecule has 0 aliphatic carbocycles. The maximum absolute atomic E-state index is 5.73. The van der Waals surface area contributed by atoms with E-state index in [0.29, 0.717) is 5.95 Å². The lowest BCUT2D eigenvalue weighted by molar-refractivity contribution is 1.08. The van der Waals surface area contributed by atoms with Crippen molar-refractivity contribution in [2.75, 3.05) is 23.0 Å². The van der Waals surface area contributed by atoms with Gasteiger partial charge < -0.3 is 16.0 Å². The summed E-state index contributed by atoms with van der Waals surface area (Å²) in [4.78, 5) is 11.7. The van der Waals surface area contributed by atoms with Crippen LogP contribution in [-0.4, -0.2) is 17.0 Å². The molecule has 0 saturated heterocycles. The molecule has 0 radical (unpaired) electrons. The van der Waals surface area contributed by atoms with Crippen LogP contribution in [0.4, 0.5) is 28.8 Å². The maximum atomic E-state index is 5.73. The van der Waals surface area contributed by atoms with Crippen LogP contribution in [0.3, 0.4) is 0 Å². The highest BCUT2D eigenvalue weighted by Crippen LogP contribution is 2.24. The summed E-state index contributed by atoms with van der Waals surface area (Å²) in [5, 5.41) is 3.18. The Bertz CT molecular complexity index is 804. The summed E-state index contributed by atoms with van der Waals surface area (Å²) in [6.45, 7) is 0. The average Bonchev–Trinajstić information content (AvgIpc) is 2.55. The van der Waals surface area contributed by atoms with E-state index in [9.17, 15) is 0 Å². The number of hydrogen-bond donors (Lipinski definition) is 3. The van der Waals surface area contributed by atoms with Crippen LogP contribution in [-0.2, 0) is 0 Å². The molecule has 0 spiro atoms. The second kappa shape index (κ2) is 6.58. The molecule has 0 unspecified atom stereocenters. The van der Waals surface area contributed by atoms with Gasteiger partial charge in [0.1, 0.15) is 5.82 Å². The number of nitrogens with two attached hydrogens (primary N) is 1. The van der Waals surface area contributed by atoms with Crippen molar-refractivity contribution in [1.82, 2.24) is 9.97 Å². The zero-order chi connectivity index (χ0) is 16.2. The smallest absolute Gasteiger partial charge is 0.229 e. The molecular formula is C17H17N5S. The molecule has 2 aromatic carbocycles. The van der Waals surface area contributed by atoms with Gasteiger partial charge in [0.15, 0.2) is 0 Å². The highest BCUT2D eigenvalue weighted by atomic mass is 32.1. The van der Waals surface area contributed by atoms with Crippen LogP contribution in [0.1, 0.15) is 0 Å². The van der Waals surface area contributed by atoms with Crippen molar-refractivity contribution in [2.45, 2.75) is 4.90 Å². The van der Waals surface area contributed by atoms with Gasteiger partial charge in [0, 0.05) is 35.2 Å². The number of thiol groups is 1. The van der Waals surface area contributed by atoms with Crippen molar-refractivity contribution in [1.29, 1.82) is 0 Å². The quantitative estimate of drug-likeness (QED) is 0.502. The molecule has 0 fully saturated rings. The first-order valence-corrected chi connectivity index (χ1v) is 7.55. The molecule has 0 saturated carbocycles. The Hall–Kier alpha value is -2.73. The van der Waals surface area contributed by atoms with Gasteiger partial charge in [-0.15, -0.1) is 12.6 Å². The highest BCUT2D eigenvalue weighted by Gasteiger charge is 2.07. The van der Waals surface area contributed by atoms with Gasteiger partial charge in [0.05, 0.1) is 0 Å². The van der Waals surface area contributed by atoms with E-state index in [0.717, 1.165) is 27.8 Å². The summed E-state index contributed by atoms with van der Waals surface area (Å²) >= 11 is 4.33. The minimum absolute atomic E-state index is 0.531. The van der Waals surface area contributed by atoms with E-state index in [1.165, 1.54) is 0 Å². The number of rotatable bonds is 4. The molecule has 5 nitrogen and oxygen atoms in total. The number of nitrogens with one attached hydrogen (secondary N) is 1. The highest BCUT2D eigenvalue weighted by molar-refractivity contribution is 7.80. The van der Waals surface area contributed by atoms with E-state index in [-0.39, 0.29) is 0 Å². The summed E-state index contributed by atoms with van der Waals surface area (Å²) in [6, 6.07) is 17.2. The van der Waals surface area contributed by atoms with Crippen molar-refractivity contribution >= 4 is 41.5 Å². The fraction of sp³-hybridized carbons (Fsp3) is 0.0588. The largest absolute Gasteiger partial charge is 0.399 e. The van der Waals surface area contributed by atoms with E-state index in [2.05, 4.69) is 27.9 Å². The lowest BCUT2D eigenvalue weighted by atomic mass is 10.2. The molecule has 0 bridgehead atoms. The third kappa shape index (κ3) is 3.73. The molecule has 116 valence electrons. The molecular weight excluding hydrogens is 306 g/mol. The molecule has 3 rings (SSSR count). The Balaban J connectivity index is 1.83. The number of nitrogens with zero attached hydrogens (tertiary/aromatic N) is 3. The van der Waals surface area contributed by atoms with E-state index in [4.69, 9.17) is 5.73 Å². The van der Waals surface area contributed by atoms with Crippen LogP contribution in [0.2, 0.25) is 0 Å². The molecule has 0 amide bonds. The molecule has 0 aliphatic heterocycles. The van der Waals surface area contributed by atoms with Gasteiger partial charge in [-0.1, -0.05) is 6.07 Å². The standard InChI is InChI=1S/C17H17N5S/c1-22(14-7-5-12(18)6-8-14)16-9-10-19-17(21-16)20-13-3-2-4-15(23)11-13/h2-11,23H,18H2,1H3,(H,19,20,21). The summed E-state index contributed by atoms with van der Waals surface area (Å²) in [7, 11) is 1.95. The fourth-order valence-corrected chi connectivity index (χ4v) is 2.36. The number of benzene rings is 2. The van der Waals surface area contributed by atoms with Crippen molar-refractivity contribution in [3.63, 3.8) is 0 Å². The van der Waals surface area contributed by atoms with E-state index in [1.807, 2.05) is 66.5 Å². The lowest BCUT2D eigenvalue weighted by Crippen LogP contribution is -2.12. The molecule has 1 heterocycles. The van der Waals surface area contributed by atoms with Gasteiger partial charge in [-0.3, -0.25) is 0 Å². The summed E-state index contributed by atoms with van der Waals surface area (Å²) in [5.41, 5.74) is 8.36.